The molecule has 4 nitrogen and oxygen atoms in total. The molecular weight excluding hydrogens is 322 g/mol. The van der Waals surface area contributed by atoms with Gasteiger partial charge in [-0.15, -0.1) is 11.6 Å². The lowest BCUT2D eigenvalue weighted by Crippen LogP contribution is -2.75. The molecule has 20 heavy (non-hydrogen) atoms. The standard InChI is InChI=1S/C10H8ClF4N3OS/c11-8-4-18(7(19)17-5-1-16-20-3-5)2-6(8)9(12,13)10(8,14)15/h1,3,6H,2,4H2,(H,17,19). The third kappa shape index (κ3) is 1.53. The highest BCUT2D eigenvalue weighted by molar-refractivity contribution is 7.04. The molecule has 2 fully saturated rings. The first-order chi connectivity index (χ1) is 9.20. The molecule has 1 aromatic rings. The van der Waals surface area contributed by atoms with E-state index in [-0.39, 0.29) is 0 Å². The molecule has 1 aromatic heterocycles. The van der Waals surface area contributed by atoms with E-state index in [0.717, 1.165) is 16.4 Å². The number of carbonyl (C=O) groups excluding carboxylic acids is 1. The van der Waals surface area contributed by atoms with Crippen molar-refractivity contribution in [1.82, 2.24) is 9.27 Å². The Bertz CT molecular complexity index is 555. The molecule has 0 radical (unpaired) electrons. The van der Waals surface area contributed by atoms with Gasteiger partial charge in [-0.25, -0.2) is 4.79 Å². The van der Waals surface area contributed by atoms with E-state index < -0.39 is 41.8 Å². The van der Waals surface area contributed by atoms with E-state index in [2.05, 4.69) is 9.69 Å². The Hall–Kier alpha value is -1.09. The van der Waals surface area contributed by atoms with Gasteiger partial charge in [-0.1, -0.05) is 0 Å². The molecule has 10 heteroatoms. The number of nitrogens with one attached hydrogen (secondary N) is 1. The molecule has 110 valence electrons. The average Bonchev–Trinajstić information content (AvgIpc) is 2.96. The Morgan fingerprint density at radius 1 is 1.50 bits per heavy atom. The zero-order valence-electron chi connectivity index (χ0n) is 9.75. The van der Waals surface area contributed by atoms with E-state index >= 15 is 0 Å². The fourth-order valence-electron chi connectivity index (χ4n) is 2.58. The van der Waals surface area contributed by atoms with Crippen molar-refractivity contribution < 1.29 is 22.4 Å². The lowest BCUT2D eigenvalue weighted by Gasteiger charge is -2.52. The highest BCUT2D eigenvalue weighted by Gasteiger charge is 2.88. The number of urea groups is 1. The first-order valence-electron chi connectivity index (χ1n) is 5.60. The summed E-state index contributed by atoms with van der Waals surface area (Å²) >= 11 is 6.73. The molecule has 0 spiro atoms. The number of anilines is 1. The van der Waals surface area contributed by atoms with E-state index in [1.807, 2.05) is 0 Å². The number of amides is 2. The summed E-state index contributed by atoms with van der Waals surface area (Å²) in [5.41, 5.74) is 0.376. The number of hydrogen-bond donors (Lipinski definition) is 1. The van der Waals surface area contributed by atoms with E-state index in [4.69, 9.17) is 11.6 Å². The van der Waals surface area contributed by atoms with Crippen molar-refractivity contribution in [2.45, 2.75) is 16.7 Å². The van der Waals surface area contributed by atoms with Gasteiger partial charge in [0.05, 0.1) is 17.8 Å². The highest BCUT2D eigenvalue weighted by atomic mass is 35.5. The molecule has 1 N–H and O–H groups in total. The van der Waals surface area contributed by atoms with Gasteiger partial charge in [0, 0.05) is 18.5 Å². The van der Waals surface area contributed by atoms with E-state index in [9.17, 15) is 22.4 Å². The van der Waals surface area contributed by atoms with Gasteiger partial charge in [0.15, 0.2) is 0 Å². The van der Waals surface area contributed by atoms with Crippen molar-refractivity contribution in [3.8, 4) is 0 Å². The molecule has 2 atom stereocenters. The fraction of sp³-hybridized carbons (Fsp3) is 0.600. The molecule has 1 saturated carbocycles. The topological polar surface area (TPSA) is 45.2 Å². The minimum Gasteiger partial charge on any atom is -0.322 e. The number of rotatable bonds is 1. The Balaban J connectivity index is 1.76. The second-order valence-electron chi connectivity index (χ2n) is 4.84. The molecule has 1 saturated heterocycles. The van der Waals surface area contributed by atoms with Gasteiger partial charge in [0.1, 0.15) is 4.87 Å². The summed E-state index contributed by atoms with van der Waals surface area (Å²) < 4.78 is 57.2. The Labute approximate surface area is 119 Å². The largest absolute Gasteiger partial charge is 0.331 e. The van der Waals surface area contributed by atoms with Crippen molar-refractivity contribution in [1.29, 1.82) is 0 Å². The SMILES string of the molecule is O=C(Nc1cnsc1)N1CC2C(F)(F)C(F)(F)C2(Cl)C1. The molecule has 2 aliphatic rings. The number of carbonyl (C=O) groups is 1. The maximum absolute atomic E-state index is 13.4. The third-order valence-corrected chi connectivity index (χ3v) is 4.93. The zero-order valence-corrected chi connectivity index (χ0v) is 11.3. The Morgan fingerprint density at radius 2 is 2.20 bits per heavy atom. The van der Waals surface area contributed by atoms with Crippen LogP contribution in [-0.2, 0) is 0 Å². The summed E-state index contributed by atoms with van der Waals surface area (Å²) in [5.74, 6) is -10.2. The number of alkyl halides is 5. The van der Waals surface area contributed by atoms with E-state index in [1.165, 1.54) is 11.6 Å². The second-order valence-corrected chi connectivity index (χ2v) is 6.17. The predicted octanol–water partition coefficient (Wildman–Crippen LogP) is 2.87. The van der Waals surface area contributed by atoms with Crippen LogP contribution in [0.25, 0.3) is 0 Å². The number of halogens is 5. The quantitative estimate of drug-likeness (QED) is 0.636. The van der Waals surface area contributed by atoms with Crippen LogP contribution >= 0.6 is 23.1 Å². The van der Waals surface area contributed by atoms with Gasteiger partial charge < -0.3 is 10.2 Å². The van der Waals surface area contributed by atoms with Gasteiger partial charge in [0.2, 0.25) is 0 Å². The minimum atomic E-state index is -4.31. The number of nitrogens with zero attached hydrogens (tertiary/aromatic N) is 2. The van der Waals surface area contributed by atoms with Crippen molar-refractivity contribution in [3.05, 3.63) is 11.6 Å². The molecule has 0 bridgehead atoms. The first-order valence-corrected chi connectivity index (χ1v) is 6.81. The van der Waals surface area contributed by atoms with Gasteiger partial charge in [0.25, 0.3) is 0 Å². The van der Waals surface area contributed by atoms with Crippen LogP contribution in [-0.4, -0.2) is 45.1 Å². The summed E-state index contributed by atoms with van der Waals surface area (Å²) in [5, 5.41) is 3.92. The van der Waals surface area contributed by atoms with Crippen LogP contribution in [0.15, 0.2) is 11.6 Å². The lowest BCUT2D eigenvalue weighted by molar-refractivity contribution is -0.326. The summed E-state index contributed by atoms with van der Waals surface area (Å²) in [6.07, 6.45) is 1.37. The van der Waals surface area contributed by atoms with Crippen LogP contribution in [0, 0.1) is 5.92 Å². The summed E-state index contributed by atoms with van der Waals surface area (Å²) in [7, 11) is 0. The monoisotopic (exact) mass is 329 g/mol. The zero-order chi connectivity index (χ0) is 14.8. The Morgan fingerprint density at radius 3 is 2.75 bits per heavy atom. The molecule has 2 unspecified atom stereocenters. The molecule has 1 aliphatic heterocycles. The molecule has 3 rings (SSSR count). The number of fused-ring (bicyclic) bond motifs is 1. The van der Waals surface area contributed by atoms with Crippen LogP contribution in [0.5, 0.6) is 0 Å². The van der Waals surface area contributed by atoms with Gasteiger partial charge in [-0.05, 0) is 11.5 Å². The van der Waals surface area contributed by atoms with E-state index in [0.29, 0.717) is 5.69 Å². The first kappa shape index (κ1) is 13.9. The maximum atomic E-state index is 13.4. The summed E-state index contributed by atoms with van der Waals surface area (Å²) in [6.45, 7) is -1.12. The smallest absolute Gasteiger partial charge is 0.322 e. The third-order valence-electron chi connectivity index (χ3n) is 3.73. The molecule has 2 heterocycles. The van der Waals surface area contributed by atoms with Crippen LogP contribution < -0.4 is 5.32 Å². The van der Waals surface area contributed by atoms with Crippen molar-refractivity contribution in [3.63, 3.8) is 0 Å². The average molecular weight is 330 g/mol. The van der Waals surface area contributed by atoms with Crippen LogP contribution in [0.2, 0.25) is 0 Å². The molecule has 0 aromatic carbocycles. The van der Waals surface area contributed by atoms with Gasteiger partial charge in [-0.3, -0.25) is 0 Å². The number of aromatic nitrogens is 1. The Kier molecular flexibility index (Phi) is 2.75. The van der Waals surface area contributed by atoms with Gasteiger partial charge >= 0.3 is 17.9 Å². The van der Waals surface area contributed by atoms with Gasteiger partial charge in [-0.2, -0.15) is 21.9 Å². The minimum absolute atomic E-state index is 0.376. The molecule has 2 amide bonds. The number of hydrogen-bond acceptors (Lipinski definition) is 3. The fourth-order valence-corrected chi connectivity index (χ4v) is 3.52. The van der Waals surface area contributed by atoms with Crippen LogP contribution in [0.1, 0.15) is 0 Å². The second kappa shape index (κ2) is 3.97. The van der Waals surface area contributed by atoms with Crippen molar-refractivity contribution in [2.24, 2.45) is 5.92 Å². The normalized spacial score (nSPS) is 33.5. The number of likely N-dealkylation sites (tertiary alicyclic amines) is 1. The van der Waals surface area contributed by atoms with E-state index in [1.54, 1.807) is 0 Å². The molecule has 1 aliphatic carbocycles. The lowest BCUT2D eigenvalue weighted by atomic mass is 9.67. The maximum Gasteiger partial charge on any atom is 0.331 e. The highest BCUT2D eigenvalue weighted by Crippen LogP contribution is 2.67. The summed E-state index contributed by atoms with van der Waals surface area (Å²) in [6, 6.07) is -0.744. The van der Waals surface area contributed by atoms with Crippen molar-refractivity contribution >= 4 is 34.9 Å². The molecular formula is C10H8ClF4N3OS. The predicted molar refractivity (Wildman–Crippen MR) is 64.7 cm³/mol. The van der Waals surface area contributed by atoms with Crippen molar-refractivity contribution in [2.75, 3.05) is 18.4 Å². The van der Waals surface area contributed by atoms with Crippen LogP contribution in [0.4, 0.5) is 28.0 Å². The van der Waals surface area contributed by atoms with Crippen LogP contribution in [0.3, 0.4) is 0 Å². The summed E-state index contributed by atoms with van der Waals surface area (Å²) in [4.78, 5) is 10.3.